The molecule has 2 nitrogen and oxygen atoms in total. The molecular weight excluding hydrogens is 253 g/mol. The van der Waals surface area contributed by atoms with Crippen molar-refractivity contribution in [2.45, 2.75) is 58.5 Å². The summed E-state index contributed by atoms with van der Waals surface area (Å²) in [5.74, 6) is 0.372. The lowest BCUT2D eigenvalue weighted by Gasteiger charge is -2.37. The van der Waals surface area contributed by atoms with Gasteiger partial charge in [0.15, 0.2) is 0 Å². The van der Waals surface area contributed by atoms with Gasteiger partial charge >= 0.3 is 0 Å². The highest BCUT2D eigenvalue weighted by atomic mass is 19.1. The largest absolute Gasteiger partial charge is 0.497 e. The fourth-order valence-electron chi connectivity index (χ4n) is 3.27. The van der Waals surface area contributed by atoms with Gasteiger partial charge in [0, 0.05) is 23.7 Å². The van der Waals surface area contributed by atoms with Crippen molar-refractivity contribution in [3.8, 4) is 5.75 Å². The first kappa shape index (κ1) is 15.3. The molecule has 1 aliphatic rings. The lowest BCUT2D eigenvalue weighted by atomic mass is 9.75. The molecule has 2 unspecified atom stereocenters. The van der Waals surface area contributed by atoms with Crippen molar-refractivity contribution >= 4 is 0 Å². The van der Waals surface area contributed by atoms with Crippen LogP contribution in [0.4, 0.5) is 4.39 Å². The van der Waals surface area contributed by atoms with Crippen LogP contribution in [-0.2, 0) is 0 Å². The van der Waals surface area contributed by atoms with E-state index in [-0.39, 0.29) is 11.9 Å². The van der Waals surface area contributed by atoms with Gasteiger partial charge in [0.2, 0.25) is 0 Å². The van der Waals surface area contributed by atoms with E-state index in [9.17, 15) is 4.39 Å². The molecule has 1 aromatic rings. The lowest BCUT2D eigenvalue weighted by Crippen LogP contribution is -2.38. The van der Waals surface area contributed by atoms with E-state index in [0.29, 0.717) is 22.8 Å². The first-order chi connectivity index (χ1) is 9.41. The third-order valence-electron chi connectivity index (χ3n) is 4.36. The van der Waals surface area contributed by atoms with Crippen LogP contribution in [0.25, 0.3) is 0 Å². The highest BCUT2D eigenvalue weighted by molar-refractivity contribution is 5.30. The Hall–Kier alpha value is -1.09. The van der Waals surface area contributed by atoms with Crippen LogP contribution in [0.5, 0.6) is 5.75 Å². The molecular formula is C17H26FNO. The summed E-state index contributed by atoms with van der Waals surface area (Å²) in [4.78, 5) is 0. The summed E-state index contributed by atoms with van der Waals surface area (Å²) in [5, 5.41) is 3.59. The summed E-state index contributed by atoms with van der Waals surface area (Å²) in [5.41, 5.74) is 1.11. The zero-order valence-corrected chi connectivity index (χ0v) is 13.0. The minimum atomic E-state index is -0.195. The monoisotopic (exact) mass is 279 g/mol. The zero-order chi connectivity index (χ0) is 14.8. The van der Waals surface area contributed by atoms with Crippen molar-refractivity contribution in [3.63, 3.8) is 0 Å². The highest BCUT2D eigenvalue weighted by Gasteiger charge is 2.29. The second-order valence-corrected chi connectivity index (χ2v) is 6.73. The molecule has 3 heteroatoms. The summed E-state index contributed by atoms with van der Waals surface area (Å²) in [6, 6.07) is 5.61. The molecule has 20 heavy (non-hydrogen) atoms. The number of hydrogen-bond acceptors (Lipinski definition) is 2. The third kappa shape index (κ3) is 3.72. The second kappa shape index (κ2) is 6.13. The van der Waals surface area contributed by atoms with Crippen molar-refractivity contribution in [1.29, 1.82) is 0 Å². The summed E-state index contributed by atoms with van der Waals surface area (Å²) in [6.45, 7) is 6.67. The number of ether oxygens (including phenoxy) is 1. The van der Waals surface area contributed by atoms with Crippen LogP contribution in [0.2, 0.25) is 0 Å². The number of halogens is 1. The predicted octanol–water partition coefficient (Wildman–Crippen LogP) is 4.45. The van der Waals surface area contributed by atoms with Crippen molar-refractivity contribution in [2.24, 2.45) is 5.41 Å². The van der Waals surface area contributed by atoms with Crippen LogP contribution in [0, 0.1) is 11.2 Å². The minimum absolute atomic E-state index is 0.0276. The molecule has 112 valence electrons. The second-order valence-electron chi connectivity index (χ2n) is 6.73. The number of benzene rings is 1. The van der Waals surface area contributed by atoms with Crippen molar-refractivity contribution in [2.75, 3.05) is 7.11 Å². The molecule has 0 heterocycles. The Morgan fingerprint density at radius 2 is 2.15 bits per heavy atom. The average molecular weight is 279 g/mol. The maximum Gasteiger partial charge on any atom is 0.131 e. The van der Waals surface area contributed by atoms with Crippen LogP contribution in [0.3, 0.4) is 0 Å². The van der Waals surface area contributed by atoms with Crippen molar-refractivity contribution in [3.05, 3.63) is 29.6 Å². The first-order valence-electron chi connectivity index (χ1n) is 7.51. The van der Waals surface area contributed by atoms with E-state index in [1.807, 2.05) is 19.1 Å². The fraction of sp³-hybridized carbons (Fsp3) is 0.647. The summed E-state index contributed by atoms with van der Waals surface area (Å²) in [7, 11) is 1.56. The van der Waals surface area contributed by atoms with E-state index in [1.54, 1.807) is 7.11 Å². The van der Waals surface area contributed by atoms with Gasteiger partial charge in [-0.05, 0) is 37.7 Å². The quantitative estimate of drug-likeness (QED) is 0.879. The summed E-state index contributed by atoms with van der Waals surface area (Å²) in [6.07, 6.45) is 4.89. The van der Waals surface area contributed by atoms with Gasteiger partial charge in [-0.3, -0.25) is 0 Å². The van der Waals surface area contributed by atoms with Crippen LogP contribution < -0.4 is 10.1 Å². The van der Waals surface area contributed by atoms with E-state index in [2.05, 4.69) is 19.2 Å². The summed E-state index contributed by atoms with van der Waals surface area (Å²) < 4.78 is 19.1. The molecule has 1 fully saturated rings. The number of nitrogens with one attached hydrogen (secondary N) is 1. The van der Waals surface area contributed by atoms with Crippen molar-refractivity contribution in [1.82, 2.24) is 5.32 Å². The molecule has 1 N–H and O–H groups in total. The van der Waals surface area contributed by atoms with Gasteiger partial charge in [0.25, 0.3) is 0 Å². The van der Waals surface area contributed by atoms with Crippen LogP contribution in [0.15, 0.2) is 18.2 Å². The molecule has 0 aromatic heterocycles. The SMILES string of the molecule is COc1ccc(C(C)NC2CCCC(C)(C)C2)c(F)c1. The molecule has 0 amide bonds. The molecule has 0 spiro atoms. The van der Waals surface area contributed by atoms with Gasteiger partial charge < -0.3 is 10.1 Å². The third-order valence-corrected chi connectivity index (χ3v) is 4.36. The Balaban J connectivity index is 2.02. The average Bonchev–Trinajstić information content (AvgIpc) is 2.37. The Morgan fingerprint density at radius 3 is 2.75 bits per heavy atom. The zero-order valence-electron chi connectivity index (χ0n) is 13.0. The van der Waals surface area contributed by atoms with Crippen LogP contribution in [0.1, 0.15) is 58.1 Å². The van der Waals surface area contributed by atoms with E-state index in [1.165, 1.54) is 25.3 Å². The van der Waals surface area contributed by atoms with Gasteiger partial charge in [-0.2, -0.15) is 0 Å². The summed E-state index contributed by atoms with van der Waals surface area (Å²) >= 11 is 0. The Bertz CT molecular complexity index is 458. The maximum atomic E-state index is 14.1. The molecule has 0 saturated heterocycles. The Labute approximate surface area is 121 Å². The van der Waals surface area contributed by atoms with Gasteiger partial charge in [0.05, 0.1) is 7.11 Å². The van der Waals surface area contributed by atoms with E-state index < -0.39 is 0 Å². The van der Waals surface area contributed by atoms with E-state index >= 15 is 0 Å². The first-order valence-corrected chi connectivity index (χ1v) is 7.51. The fourth-order valence-corrected chi connectivity index (χ4v) is 3.27. The minimum Gasteiger partial charge on any atom is -0.497 e. The Kier molecular flexibility index (Phi) is 4.69. The molecule has 0 aliphatic heterocycles. The molecule has 2 atom stereocenters. The normalized spacial score (nSPS) is 23.4. The van der Waals surface area contributed by atoms with Gasteiger partial charge in [-0.25, -0.2) is 4.39 Å². The molecule has 1 aromatic carbocycles. The molecule has 2 rings (SSSR count). The highest BCUT2D eigenvalue weighted by Crippen LogP contribution is 2.36. The van der Waals surface area contributed by atoms with Gasteiger partial charge in [0.1, 0.15) is 11.6 Å². The number of rotatable bonds is 4. The predicted molar refractivity (Wildman–Crippen MR) is 80.5 cm³/mol. The van der Waals surface area contributed by atoms with Crippen LogP contribution >= 0.6 is 0 Å². The molecule has 1 aliphatic carbocycles. The van der Waals surface area contributed by atoms with E-state index in [4.69, 9.17) is 4.74 Å². The number of methoxy groups -OCH3 is 1. The smallest absolute Gasteiger partial charge is 0.131 e. The van der Waals surface area contributed by atoms with Gasteiger partial charge in [-0.1, -0.05) is 26.3 Å². The molecule has 1 saturated carbocycles. The number of hydrogen-bond donors (Lipinski definition) is 1. The van der Waals surface area contributed by atoms with E-state index in [0.717, 1.165) is 6.42 Å². The van der Waals surface area contributed by atoms with Gasteiger partial charge in [-0.15, -0.1) is 0 Å². The topological polar surface area (TPSA) is 21.3 Å². The standard InChI is InChI=1S/C17H26FNO/c1-12(15-8-7-14(20-4)10-16(15)18)19-13-6-5-9-17(2,3)11-13/h7-8,10,12-13,19H,5-6,9,11H2,1-4H3. The Morgan fingerprint density at radius 1 is 1.40 bits per heavy atom. The molecule has 0 radical (unpaired) electrons. The lowest BCUT2D eigenvalue weighted by molar-refractivity contribution is 0.190. The van der Waals surface area contributed by atoms with Crippen molar-refractivity contribution < 1.29 is 9.13 Å². The maximum absolute atomic E-state index is 14.1. The van der Waals surface area contributed by atoms with Crippen LogP contribution in [-0.4, -0.2) is 13.2 Å². The molecule has 0 bridgehead atoms.